The fourth-order valence-electron chi connectivity index (χ4n) is 1.78. The van der Waals surface area contributed by atoms with E-state index in [1.807, 2.05) is 0 Å². The minimum Gasteiger partial charge on any atom is -0.478 e. The Bertz CT molecular complexity index is 633. The number of carbonyl (C=O) groups is 1. The lowest BCUT2D eigenvalue weighted by Crippen LogP contribution is -2.32. The van der Waals surface area contributed by atoms with Gasteiger partial charge in [-0.15, -0.1) is 0 Å². The zero-order chi connectivity index (χ0) is 18.3. The molecule has 0 radical (unpaired) electrons. The molecule has 24 heavy (non-hydrogen) atoms. The molecular weight excluding hydrogens is 329 g/mol. The van der Waals surface area contributed by atoms with Crippen LogP contribution in [0.15, 0.2) is 28.9 Å². The fourth-order valence-corrected chi connectivity index (χ4v) is 1.78. The zero-order valence-corrected chi connectivity index (χ0v) is 13.1. The third-order valence-corrected chi connectivity index (χ3v) is 2.75. The standard InChI is InChI=1S/C15H17F3N2O4/c1-3-23-15(24-4-2)12(9(7-19)14(21)22)20-13-10(17)5-8(16)6-11(13)18/h5-7,15H,3-4,19H2,1-2H3,(H,21,22). The first-order valence-electron chi connectivity index (χ1n) is 6.97. The van der Waals surface area contributed by atoms with Gasteiger partial charge in [-0.2, -0.15) is 0 Å². The first-order valence-corrected chi connectivity index (χ1v) is 6.97. The number of benzene rings is 1. The number of nitrogens with two attached hydrogens (primary N) is 1. The number of aliphatic imine (C=N–C) groups is 1. The Hall–Kier alpha value is -2.39. The van der Waals surface area contributed by atoms with Crippen LogP contribution in [0.25, 0.3) is 0 Å². The SMILES string of the molecule is CCOC(OCC)C(=Nc1c(F)cc(F)cc1F)C(=CN)C(=O)O. The highest BCUT2D eigenvalue weighted by Gasteiger charge is 2.26. The van der Waals surface area contributed by atoms with Gasteiger partial charge >= 0.3 is 5.97 Å². The van der Waals surface area contributed by atoms with Crippen LogP contribution in [-0.4, -0.2) is 36.3 Å². The molecule has 0 aliphatic carbocycles. The van der Waals surface area contributed by atoms with Crippen molar-refractivity contribution in [2.75, 3.05) is 13.2 Å². The molecular formula is C15H17F3N2O4. The second-order valence-electron chi connectivity index (χ2n) is 4.34. The monoisotopic (exact) mass is 346 g/mol. The maximum absolute atomic E-state index is 13.8. The van der Waals surface area contributed by atoms with E-state index in [4.69, 9.17) is 15.2 Å². The summed E-state index contributed by atoms with van der Waals surface area (Å²) >= 11 is 0. The van der Waals surface area contributed by atoms with Crippen LogP contribution in [0.3, 0.4) is 0 Å². The topological polar surface area (TPSA) is 94.1 Å². The number of hydrogen-bond acceptors (Lipinski definition) is 5. The normalized spacial score (nSPS) is 12.8. The summed E-state index contributed by atoms with van der Waals surface area (Å²) in [7, 11) is 0. The molecule has 1 rings (SSSR count). The predicted molar refractivity (Wildman–Crippen MR) is 80.4 cm³/mol. The molecule has 0 spiro atoms. The van der Waals surface area contributed by atoms with Gasteiger partial charge in [0.15, 0.2) is 11.6 Å². The molecule has 6 nitrogen and oxygen atoms in total. The summed E-state index contributed by atoms with van der Waals surface area (Å²) in [4.78, 5) is 15.0. The highest BCUT2D eigenvalue weighted by molar-refractivity contribution is 6.21. The van der Waals surface area contributed by atoms with Crippen molar-refractivity contribution in [3.8, 4) is 0 Å². The third kappa shape index (κ3) is 4.80. The van der Waals surface area contributed by atoms with E-state index in [0.29, 0.717) is 18.3 Å². The molecule has 1 aromatic rings. The van der Waals surface area contributed by atoms with Gasteiger partial charge in [0.2, 0.25) is 6.29 Å². The van der Waals surface area contributed by atoms with E-state index in [0.717, 1.165) is 0 Å². The molecule has 0 unspecified atom stereocenters. The van der Waals surface area contributed by atoms with E-state index in [9.17, 15) is 23.1 Å². The number of ether oxygens (including phenoxy) is 2. The maximum atomic E-state index is 13.8. The Morgan fingerprint density at radius 2 is 1.75 bits per heavy atom. The van der Waals surface area contributed by atoms with Gasteiger partial charge in [-0.05, 0) is 13.8 Å². The van der Waals surface area contributed by atoms with Crippen LogP contribution in [0, 0.1) is 17.5 Å². The molecule has 0 amide bonds. The minimum atomic E-state index is -1.50. The number of nitrogens with zero attached hydrogens (tertiary/aromatic N) is 1. The molecule has 0 heterocycles. The summed E-state index contributed by atoms with van der Waals surface area (Å²) < 4.78 is 51.1. The average Bonchev–Trinajstić information content (AvgIpc) is 2.49. The van der Waals surface area contributed by atoms with Crippen LogP contribution in [-0.2, 0) is 14.3 Å². The third-order valence-electron chi connectivity index (χ3n) is 2.75. The Labute approximate surface area is 136 Å². The lowest BCUT2D eigenvalue weighted by atomic mass is 10.1. The number of rotatable bonds is 8. The molecule has 0 saturated carbocycles. The Morgan fingerprint density at radius 3 is 2.12 bits per heavy atom. The zero-order valence-electron chi connectivity index (χ0n) is 13.1. The minimum absolute atomic E-state index is 0.107. The molecule has 9 heteroatoms. The van der Waals surface area contributed by atoms with Gasteiger partial charge in [0, 0.05) is 31.5 Å². The van der Waals surface area contributed by atoms with E-state index in [1.54, 1.807) is 13.8 Å². The fraction of sp³-hybridized carbons (Fsp3) is 0.333. The van der Waals surface area contributed by atoms with Crippen LogP contribution >= 0.6 is 0 Å². The smallest absolute Gasteiger partial charge is 0.339 e. The number of halogens is 3. The van der Waals surface area contributed by atoms with Gasteiger partial charge in [0.1, 0.15) is 22.8 Å². The van der Waals surface area contributed by atoms with Crippen molar-refractivity contribution in [1.29, 1.82) is 0 Å². The van der Waals surface area contributed by atoms with E-state index in [2.05, 4.69) is 4.99 Å². The highest BCUT2D eigenvalue weighted by atomic mass is 19.1. The summed E-state index contributed by atoms with van der Waals surface area (Å²) in [5.41, 5.74) is 3.39. The van der Waals surface area contributed by atoms with E-state index in [1.165, 1.54) is 0 Å². The van der Waals surface area contributed by atoms with Crippen molar-refractivity contribution in [2.24, 2.45) is 10.7 Å². The summed E-state index contributed by atoms with van der Waals surface area (Å²) in [6.07, 6.45) is -0.624. The van der Waals surface area contributed by atoms with Gasteiger partial charge in [0.25, 0.3) is 0 Å². The lowest BCUT2D eigenvalue weighted by Gasteiger charge is -2.19. The first-order chi connectivity index (χ1) is 11.3. The number of hydrogen-bond donors (Lipinski definition) is 2. The molecule has 0 saturated heterocycles. The lowest BCUT2D eigenvalue weighted by molar-refractivity contribution is -0.132. The molecule has 132 valence electrons. The molecule has 0 aliphatic heterocycles. The molecule has 0 fully saturated rings. The highest BCUT2D eigenvalue weighted by Crippen LogP contribution is 2.25. The van der Waals surface area contributed by atoms with Crippen molar-refractivity contribution in [1.82, 2.24) is 0 Å². The second-order valence-corrected chi connectivity index (χ2v) is 4.34. The largest absolute Gasteiger partial charge is 0.478 e. The summed E-state index contributed by atoms with van der Waals surface area (Å²) in [6, 6.07) is 0.838. The molecule has 0 aromatic heterocycles. The second kappa shape index (κ2) is 9.04. The van der Waals surface area contributed by atoms with Crippen LogP contribution in [0.2, 0.25) is 0 Å². The van der Waals surface area contributed by atoms with E-state index in [-0.39, 0.29) is 13.2 Å². The number of aliphatic carboxylic acids is 1. The van der Waals surface area contributed by atoms with Crippen molar-refractivity contribution in [3.05, 3.63) is 41.4 Å². The van der Waals surface area contributed by atoms with E-state index >= 15 is 0 Å². The quantitative estimate of drug-likeness (QED) is 0.428. The Balaban J connectivity index is 3.55. The first kappa shape index (κ1) is 19.7. The van der Waals surface area contributed by atoms with Crippen LogP contribution < -0.4 is 5.73 Å². The summed E-state index contributed by atoms with van der Waals surface area (Å²) in [5, 5.41) is 9.20. The van der Waals surface area contributed by atoms with Crippen molar-refractivity contribution < 1.29 is 32.5 Å². The molecule has 1 aromatic carbocycles. The van der Waals surface area contributed by atoms with Gasteiger partial charge in [0.05, 0.1) is 0 Å². The Kier molecular flexibility index (Phi) is 7.40. The van der Waals surface area contributed by atoms with E-state index < -0.39 is 46.7 Å². The molecule has 0 aliphatic rings. The molecule has 3 N–H and O–H groups in total. The summed E-state index contributed by atoms with van der Waals surface area (Å²) in [5.74, 6) is -5.25. The molecule has 0 atom stereocenters. The predicted octanol–water partition coefficient (Wildman–Crippen LogP) is 2.50. The van der Waals surface area contributed by atoms with Crippen molar-refractivity contribution >= 4 is 17.4 Å². The maximum Gasteiger partial charge on any atom is 0.339 e. The average molecular weight is 346 g/mol. The number of carboxylic acids is 1. The van der Waals surface area contributed by atoms with Crippen LogP contribution in [0.1, 0.15) is 13.8 Å². The molecule has 0 bridgehead atoms. The Morgan fingerprint density at radius 1 is 1.25 bits per heavy atom. The van der Waals surface area contributed by atoms with Gasteiger partial charge in [-0.3, -0.25) is 0 Å². The number of carboxylic acid groups (broad SMARTS) is 1. The summed E-state index contributed by atoms with van der Waals surface area (Å²) in [6.45, 7) is 3.43. The van der Waals surface area contributed by atoms with Gasteiger partial charge < -0.3 is 20.3 Å². The van der Waals surface area contributed by atoms with Gasteiger partial charge in [-0.25, -0.2) is 23.0 Å². The van der Waals surface area contributed by atoms with Crippen molar-refractivity contribution in [2.45, 2.75) is 20.1 Å². The van der Waals surface area contributed by atoms with Gasteiger partial charge in [-0.1, -0.05) is 0 Å². The van der Waals surface area contributed by atoms with Crippen LogP contribution in [0.5, 0.6) is 0 Å². The van der Waals surface area contributed by atoms with Crippen LogP contribution in [0.4, 0.5) is 18.9 Å². The van der Waals surface area contributed by atoms with Crippen molar-refractivity contribution in [3.63, 3.8) is 0 Å².